The van der Waals surface area contributed by atoms with Crippen LogP contribution in [0.15, 0.2) is 66.7 Å². The Balaban J connectivity index is 1.38. The zero-order valence-electron chi connectivity index (χ0n) is 14.7. The maximum Gasteiger partial charge on any atom is 0.194 e. The molecule has 0 saturated heterocycles. The van der Waals surface area contributed by atoms with Crippen molar-refractivity contribution in [2.45, 2.75) is 31.8 Å². The van der Waals surface area contributed by atoms with Crippen LogP contribution in [0.3, 0.4) is 0 Å². The van der Waals surface area contributed by atoms with Crippen LogP contribution < -0.4 is 5.32 Å². The van der Waals surface area contributed by atoms with Gasteiger partial charge in [-0.3, -0.25) is 4.79 Å². The molecule has 5 rings (SSSR count). The van der Waals surface area contributed by atoms with Crippen LogP contribution in [0.1, 0.15) is 51.5 Å². The fourth-order valence-corrected chi connectivity index (χ4v) is 4.39. The van der Waals surface area contributed by atoms with Gasteiger partial charge in [0.05, 0.1) is 0 Å². The molecule has 3 aromatic rings. The van der Waals surface area contributed by atoms with E-state index in [4.69, 9.17) is 0 Å². The molecule has 0 spiro atoms. The highest BCUT2D eigenvalue weighted by Gasteiger charge is 2.26. The van der Waals surface area contributed by atoms with Crippen molar-refractivity contribution in [3.63, 3.8) is 0 Å². The summed E-state index contributed by atoms with van der Waals surface area (Å²) in [7, 11) is 0. The number of hydrogen-bond acceptors (Lipinski definition) is 2. The maximum absolute atomic E-state index is 12.7. The minimum Gasteiger partial charge on any atom is -0.306 e. The van der Waals surface area contributed by atoms with Gasteiger partial charge in [-0.05, 0) is 53.1 Å². The molecule has 26 heavy (non-hydrogen) atoms. The van der Waals surface area contributed by atoms with Crippen molar-refractivity contribution in [3.8, 4) is 11.1 Å². The Hall–Kier alpha value is -2.71. The average molecular weight is 339 g/mol. The highest BCUT2D eigenvalue weighted by Crippen LogP contribution is 2.37. The van der Waals surface area contributed by atoms with Gasteiger partial charge in [-0.2, -0.15) is 0 Å². The molecule has 2 heteroatoms. The van der Waals surface area contributed by atoms with Crippen LogP contribution in [-0.4, -0.2) is 5.78 Å². The summed E-state index contributed by atoms with van der Waals surface area (Å²) in [5.74, 6) is 0.153. The lowest BCUT2D eigenvalue weighted by Crippen LogP contribution is -2.24. The summed E-state index contributed by atoms with van der Waals surface area (Å²) in [5, 5.41) is 3.71. The second kappa shape index (κ2) is 6.22. The molecule has 2 aliphatic carbocycles. The number of ketones is 1. The minimum absolute atomic E-state index is 0.153. The molecule has 0 unspecified atom stereocenters. The van der Waals surface area contributed by atoms with Crippen LogP contribution in [0.5, 0.6) is 0 Å². The lowest BCUT2D eigenvalue weighted by molar-refractivity contribution is 0.104. The molecule has 2 aliphatic rings. The Kier molecular flexibility index (Phi) is 3.72. The SMILES string of the molecule is O=C1c2ccccc2-c2ccc(CN[C@H]3CCCc4ccccc43)cc21. The molecule has 0 aromatic heterocycles. The van der Waals surface area contributed by atoms with Gasteiger partial charge < -0.3 is 5.32 Å². The van der Waals surface area contributed by atoms with Crippen molar-refractivity contribution in [1.82, 2.24) is 5.32 Å². The predicted octanol–water partition coefficient (Wildman–Crippen LogP) is 5.07. The van der Waals surface area contributed by atoms with E-state index < -0.39 is 0 Å². The van der Waals surface area contributed by atoms with E-state index in [0.717, 1.165) is 28.8 Å². The number of rotatable bonds is 3. The van der Waals surface area contributed by atoms with Crippen molar-refractivity contribution >= 4 is 5.78 Å². The number of carbonyl (C=O) groups is 1. The van der Waals surface area contributed by atoms with Crippen LogP contribution in [0.4, 0.5) is 0 Å². The highest BCUT2D eigenvalue weighted by atomic mass is 16.1. The molecular formula is C24H21NO. The van der Waals surface area contributed by atoms with Gasteiger partial charge in [0.2, 0.25) is 0 Å². The molecule has 128 valence electrons. The molecular weight excluding hydrogens is 318 g/mol. The Morgan fingerprint density at radius 2 is 1.62 bits per heavy atom. The van der Waals surface area contributed by atoms with E-state index >= 15 is 0 Å². The summed E-state index contributed by atoms with van der Waals surface area (Å²) in [4.78, 5) is 12.7. The summed E-state index contributed by atoms with van der Waals surface area (Å²) in [6, 6.07) is 23.4. The minimum atomic E-state index is 0.153. The number of benzene rings is 3. The molecule has 1 N–H and O–H groups in total. The van der Waals surface area contributed by atoms with Gasteiger partial charge in [0.15, 0.2) is 5.78 Å². The normalized spacial score (nSPS) is 17.5. The van der Waals surface area contributed by atoms with E-state index in [-0.39, 0.29) is 5.78 Å². The first-order valence-corrected chi connectivity index (χ1v) is 9.39. The van der Waals surface area contributed by atoms with Gasteiger partial charge in [0, 0.05) is 23.7 Å². The van der Waals surface area contributed by atoms with Crippen LogP contribution in [0.2, 0.25) is 0 Å². The third-order valence-corrected chi connectivity index (χ3v) is 5.71. The molecule has 0 aliphatic heterocycles. The van der Waals surface area contributed by atoms with E-state index in [9.17, 15) is 4.79 Å². The van der Waals surface area contributed by atoms with Crippen LogP contribution in [-0.2, 0) is 13.0 Å². The number of hydrogen-bond donors (Lipinski definition) is 1. The van der Waals surface area contributed by atoms with E-state index in [0.29, 0.717) is 6.04 Å². The third-order valence-electron chi connectivity index (χ3n) is 5.71. The average Bonchev–Trinajstić information content (AvgIpc) is 2.99. The van der Waals surface area contributed by atoms with E-state index in [1.54, 1.807) is 0 Å². The topological polar surface area (TPSA) is 29.1 Å². The lowest BCUT2D eigenvalue weighted by atomic mass is 9.87. The Morgan fingerprint density at radius 3 is 2.54 bits per heavy atom. The van der Waals surface area contributed by atoms with Crippen LogP contribution >= 0.6 is 0 Å². The molecule has 0 bridgehead atoms. The van der Waals surface area contributed by atoms with Gasteiger partial charge >= 0.3 is 0 Å². The molecule has 1 atom stereocenters. The molecule has 2 nitrogen and oxygen atoms in total. The smallest absolute Gasteiger partial charge is 0.194 e. The van der Waals surface area contributed by atoms with Crippen molar-refractivity contribution in [2.24, 2.45) is 0 Å². The van der Waals surface area contributed by atoms with Crippen LogP contribution in [0, 0.1) is 0 Å². The first-order valence-electron chi connectivity index (χ1n) is 9.39. The van der Waals surface area contributed by atoms with Gasteiger partial charge in [-0.25, -0.2) is 0 Å². The van der Waals surface area contributed by atoms with Crippen molar-refractivity contribution in [2.75, 3.05) is 0 Å². The summed E-state index contributed by atoms with van der Waals surface area (Å²) in [6.07, 6.45) is 3.58. The highest BCUT2D eigenvalue weighted by molar-refractivity contribution is 6.21. The first kappa shape index (κ1) is 15.5. The molecule has 0 fully saturated rings. The molecule has 3 aromatic carbocycles. The Bertz CT molecular complexity index is 1000. The summed E-state index contributed by atoms with van der Waals surface area (Å²) in [6.45, 7) is 0.788. The standard InChI is InChI=1S/C24H21NO/c26-24-21-10-4-3-9-19(21)20-13-12-16(14-22(20)24)15-25-23-11-5-7-17-6-1-2-8-18(17)23/h1-4,6,8-10,12-14,23,25H,5,7,11,15H2/t23-/m0/s1. The molecule has 0 amide bonds. The van der Waals surface area contributed by atoms with E-state index in [2.05, 4.69) is 47.8 Å². The first-order chi connectivity index (χ1) is 12.8. The zero-order chi connectivity index (χ0) is 17.5. The third kappa shape index (κ3) is 2.49. The Labute approximate surface area is 153 Å². The van der Waals surface area contributed by atoms with Gasteiger partial charge in [-0.1, -0.05) is 60.7 Å². The summed E-state index contributed by atoms with van der Waals surface area (Å²) >= 11 is 0. The monoisotopic (exact) mass is 339 g/mol. The van der Waals surface area contributed by atoms with E-state index in [1.165, 1.54) is 36.0 Å². The molecule has 0 saturated carbocycles. The largest absolute Gasteiger partial charge is 0.306 e. The van der Waals surface area contributed by atoms with Crippen molar-refractivity contribution in [3.05, 3.63) is 94.5 Å². The second-order valence-electron chi connectivity index (χ2n) is 7.28. The van der Waals surface area contributed by atoms with E-state index in [1.807, 2.05) is 24.3 Å². The fraction of sp³-hybridized carbons (Fsp3) is 0.208. The van der Waals surface area contributed by atoms with Gasteiger partial charge in [0.1, 0.15) is 0 Å². The van der Waals surface area contributed by atoms with Crippen molar-refractivity contribution < 1.29 is 4.79 Å². The number of nitrogens with one attached hydrogen (secondary N) is 1. The maximum atomic E-state index is 12.7. The quantitative estimate of drug-likeness (QED) is 0.565. The van der Waals surface area contributed by atoms with Gasteiger partial charge in [-0.15, -0.1) is 0 Å². The number of carbonyl (C=O) groups excluding carboxylic acids is 1. The number of fused-ring (bicyclic) bond motifs is 4. The number of aryl methyl sites for hydroxylation is 1. The summed E-state index contributed by atoms with van der Waals surface area (Å²) < 4.78 is 0. The van der Waals surface area contributed by atoms with Gasteiger partial charge in [0.25, 0.3) is 0 Å². The second-order valence-corrected chi connectivity index (χ2v) is 7.28. The zero-order valence-corrected chi connectivity index (χ0v) is 14.7. The fourth-order valence-electron chi connectivity index (χ4n) is 4.39. The lowest BCUT2D eigenvalue weighted by Gasteiger charge is -2.26. The molecule has 0 radical (unpaired) electrons. The summed E-state index contributed by atoms with van der Waals surface area (Å²) in [5.41, 5.74) is 7.88. The van der Waals surface area contributed by atoms with Crippen LogP contribution in [0.25, 0.3) is 11.1 Å². The predicted molar refractivity (Wildman–Crippen MR) is 104 cm³/mol. The van der Waals surface area contributed by atoms with Crippen molar-refractivity contribution in [1.29, 1.82) is 0 Å². The molecule has 0 heterocycles. The Morgan fingerprint density at radius 1 is 0.846 bits per heavy atom.